The predicted molar refractivity (Wildman–Crippen MR) is 206 cm³/mol. The summed E-state index contributed by atoms with van der Waals surface area (Å²) in [6.07, 6.45) is 4.31. The number of methoxy groups -OCH3 is 3. The minimum atomic E-state index is -2.41. The molecular weight excluding hydrogens is 633 g/mol. The van der Waals surface area contributed by atoms with Gasteiger partial charge < -0.3 is 28.2 Å². The van der Waals surface area contributed by atoms with Gasteiger partial charge in [-0.05, 0) is 57.0 Å². The first kappa shape index (κ1) is 39.3. The van der Waals surface area contributed by atoms with Gasteiger partial charge in [0.1, 0.15) is 5.76 Å². The lowest BCUT2D eigenvalue weighted by atomic mass is 10.1. The van der Waals surface area contributed by atoms with Gasteiger partial charge in [0.2, 0.25) is 11.7 Å². The van der Waals surface area contributed by atoms with Gasteiger partial charge in [0.05, 0.1) is 27.8 Å². The molecule has 266 valence electrons. The monoisotopic (exact) mass is 694 g/mol. The van der Waals surface area contributed by atoms with Crippen molar-refractivity contribution >= 4 is 39.1 Å². The maximum Gasteiger partial charge on any atom is 0.258 e. The van der Waals surface area contributed by atoms with Gasteiger partial charge in [-0.25, -0.2) is 0 Å². The highest BCUT2D eigenvalue weighted by Crippen LogP contribution is 2.48. The molecule has 1 amide bonds. The van der Waals surface area contributed by atoms with Crippen LogP contribution in [0.2, 0.25) is 33.2 Å². The van der Waals surface area contributed by atoms with Crippen molar-refractivity contribution in [3.05, 3.63) is 59.9 Å². The molecule has 0 saturated heterocycles. The Hall–Kier alpha value is -3.18. The number of fused-ring (bicyclic) bond motifs is 1. The molecule has 0 atom stereocenters. The topological polar surface area (TPSA) is 71.0 Å². The predicted octanol–water partition coefficient (Wildman–Crippen LogP) is 10.5. The Morgan fingerprint density at radius 2 is 1.25 bits per heavy atom. The number of hydrogen-bond acceptors (Lipinski definition) is 5. The molecule has 0 radical (unpaired) electrons. The van der Waals surface area contributed by atoms with Gasteiger partial charge >= 0.3 is 0 Å². The van der Waals surface area contributed by atoms with E-state index in [0.29, 0.717) is 50.5 Å². The standard InChI is InChI=1S/C39H62N2O5Si2/c1-25(2)47(26(3)4,27(5)6)41-24-33(32-18-16-17-19-34(32)41)37(46-48(28(7)8,29(9)10)30(11)12)23-40-38(42)22-31-20-35(43-13)39(45-15)36(21-31)44-14/h16-21,23-30H,22H2,1-15H3,(H,40,42)/b37-23-. The maximum atomic E-state index is 13.7. The van der Waals surface area contributed by atoms with Crippen molar-refractivity contribution in [2.75, 3.05) is 21.3 Å². The third-order valence-corrected chi connectivity index (χ3v) is 23.4. The first-order valence-electron chi connectivity index (χ1n) is 17.6. The number of ether oxygens (including phenoxy) is 3. The first-order chi connectivity index (χ1) is 22.5. The lowest BCUT2D eigenvalue weighted by Crippen LogP contribution is -2.51. The van der Waals surface area contributed by atoms with E-state index in [1.807, 2.05) is 18.3 Å². The van der Waals surface area contributed by atoms with E-state index in [4.69, 9.17) is 18.6 Å². The average Bonchev–Trinajstić information content (AvgIpc) is 3.39. The van der Waals surface area contributed by atoms with E-state index < -0.39 is 16.6 Å². The van der Waals surface area contributed by atoms with Crippen LogP contribution in [0.3, 0.4) is 0 Å². The molecule has 0 aliphatic rings. The number of para-hydroxylation sites is 1. The summed E-state index contributed by atoms with van der Waals surface area (Å²) in [7, 11) is 0.200. The van der Waals surface area contributed by atoms with Crippen LogP contribution in [-0.4, -0.2) is 48.0 Å². The second-order valence-electron chi connectivity index (χ2n) is 15.0. The Bertz CT molecular complexity index is 1500. The summed E-state index contributed by atoms with van der Waals surface area (Å²) in [5.74, 6) is 2.11. The van der Waals surface area contributed by atoms with Gasteiger partial charge in [0, 0.05) is 28.9 Å². The highest BCUT2D eigenvalue weighted by Gasteiger charge is 2.49. The molecule has 0 bridgehead atoms. The van der Waals surface area contributed by atoms with Gasteiger partial charge in [-0.15, -0.1) is 0 Å². The van der Waals surface area contributed by atoms with Gasteiger partial charge in [0.25, 0.3) is 8.32 Å². The molecule has 9 heteroatoms. The van der Waals surface area contributed by atoms with E-state index in [2.05, 4.69) is 123 Å². The number of hydrogen-bond donors (Lipinski definition) is 1. The third kappa shape index (κ3) is 7.22. The molecule has 0 fully saturated rings. The SMILES string of the molecule is COc1cc(CC(=O)N/C=C(\O[Si](C(C)C)(C(C)C)C(C)C)c2cn([Si](C(C)C)(C(C)C)C(C)C)c3ccccc23)cc(OC)c1OC. The van der Waals surface area contributed by atoms with Crippen LogP contribution in [0, 0.1) is 0 Å². The largest absolute Gasteiger partial charge is 0.541 e. The zero-order chi connectivity index (χ0) is 36.1. The van der Waals surface area contributed by atoms with Gasteiger partial charge in [-0.1, -0.05) is 101 Å². The van der Waals surface area contributed by atoms with Crippen molar-refractivity contribution < 1.29 is 23.4 Å². The molecule has 1 N–H and O–H groups in total. The molecule has 3 rings (SSSR count). The molecule has 0 saturated carbocycles. The smallest absolute Gasteiger partial charge is 0.258 e. The molecule has 1 heterocycles. The van der Waals surface area contributed by atoms with E-state index in [-0.39, 0.29) is 12.3 Å². The van der Waals surface area contributed by atoms with Crippen LogP contribution >= 0.6 is 0 Å². The maximum absolute atomic E-state index is 13.7. The molecule has 0 unspecified atom stereocenters. The Morgan fingerprint density at radius 1 is 0.750 bits per heavy atom. The molecule has 0 aliphatic heterocycles. The number of amides is 1. The van der Waals surface area contributed by atoms with Crippen molar-refractivity contribution in [3.63, 3.8) is 0 Å². The van der Waals surface area contributed by atoms with E-state index in [1.54, 1.807) is 21.3 Å². The summed E-state index contributed by atoms with van der Waals surface area (Å²) in [5.41, 5.74) is 5.66. The average molecular weight is 695 g/mol. The van der Waals surface area contributed by atoms with Crippen molar-refractivity contribution in [1.82, 2.24) is 9.55 Å². The van der Waals surface area contributed by atoms with E-state index in [1.165, 1.54) is 5.52 Å². The van der Waals surface area contributed by atoms with Gasteiger partial charge in [-0.3, -0.25) is 4.79 Å². The Balaban J connectivity index is 2.26. The number of aromatic nitrogens is 1. The van der Waals surface area contributed by atoms with Crippen molar-refractivity contribution in [1.29, 1.82) is 0 Å². The van der Waals surface area contributed by atoms with Crippen LogP contribution < -0.4 is 19.5 Å². The first-order valence-corrected chi connectivity index (χ1v) is 21.9. The number of rotatable bonds is 16. The molecule has 3 aromatic rings. The van der Waals surface area contributed by atoms with E-state index >= 15 is 0 Å². The van der Waals surface area contributed by atoms with E-state index in [0.717, 1.165) is 22.3 Å². The summed E-state index contributed by atoms with van der Waals surface area (Å²) in [4.78, 5) is 13.7. The van der Waals surface area contributed by atoms with Crippen LogP contribution in [0.1, 0.15) is 94.2 Å². The quantitative estimate of drug-likeness (QED) is 0.119. The second-order valence-corrected chi connectivity index (χ2v) is 26.1. The molecular formula is C39H62N2O5Si2. The van der Waals surface area contributed by atoms with Crippen LogP contribution in [0.25, 0.3) is 16.7 Å². The highest BCUT2D eigenvalue weighted by atomic mass is 28.4. The molecule has 0 aliphatic carbocycles. The lowest BCUT2D eigenvalue weighted by molar-refractivity contribution is -0.119. The van der Waals surface area contributed by atoms with Crippen molar-refractivity contribution in [2.45, 2.75) is 123 Å². The Kier molecular flexibility index (Phi) is 13.1. The van der Waals surface area contributed by atoms with E-state index in [9.17, 15) is 4.79 Å². The number of nitrogens with zero attached hydrogens (tertiary/aromatic N) is 1. The van der Waals surface area contributed by atoms with Crippen LogP contribution in [0.4, 0.5) is 0 Å². The van der Waals surface area contributed by atoms with Crippen LogP contribution in [0.5, 0.6) is 17.2 Å². The molecule has 7 nitrogen and oxygen atoms in total. The number of carbonyl (C=O) groups is 1. The zero-order valence-electron chi connectivity index (χ0n) is 32.3. The summed E-state index contributed by atoms with van der Waals surface area (Å²) < 4.78 is 26.7. The molecule has 0 spiro atoms. The van der Waals surface area contributed by atoms with Gasteiger partial charge in [0.15, 0.2) is 19.7 Å². The second kappa shape index (κ2) is 16.0. The normalized spacial score (nSPS) is 13.1. The third-order valence-electron chi connectivity index (χ3n) is 10.6. The Labute approximate surface area is 292 Å². The molecule has 2 aromatic carbocycles. The number of benzene rings is 2. The summed E-state index contributed by atoms with van der Waals surface area (Å²) >= 11 is 0. The minimum Gasteiger partial charge on any atom is -0.541 e. The number of nitrogens with one attached hydrogen (secondary N) is 1. The summed E-state index contributed by atoms with van der Waals surface area (Å²) in [6, 6.07) is 12.3. The number of carbonyl (C=O) groups excluding carboxylic acids is 1. The van der Waals surface area contributed by atoms with Crippen molar-refractivity contribution in [3.8, 4) is 17.2 Å². The lowest BCUT2D eigenvalue weighted by Gasteiger charge is -2.44. The zero-order valence-corrected chi connectivity index (χ0v) is 34.3. The fourth-order valence-corrected chi connectivity index (χ4v) is 20.7. The molecule has 1 aromatic heterocycles. The van der Waals surface area contributed by atoms with Gasteiger partial charge in [-0.2, -0.15) is 0 Å². The fourth-order valence-electron chi connectivity index (χ4n) is 8.86. The Morgan fingerprint density at radius 3 is 1.69 bits per heavy atom. The molecule has 48 heavy (non-hydrogen) atoms. The van der Waals surface area contributed by atoms with Crippen LogP contribution in [0.15, 0.2) is 48.8 Å². The summed E-state index contributed by atoms with van der Waals surface area (Å²) in [6.45, 7) is 28.1. The fraction of sp³-hybridized carbons (Fsp3) is 0.564. The summed E-state index contributed by atoms with van der Waals surface area (Å²) in [5, 5.41) is 4.29. The minimum absolute atomic E-state index is 0.132. The van der Waals surface area contributed by atoms with Crippen LogP contribution in [-0.2, 0) is 15.6 Å². The highest BCUT2D eigenvalue weighted by molar-refractivity contribution is 6.82. The van der Waals surface area contributed by atoms with Crippen molar-refractivity contribution in [2.24, 2.45) is 0 Å².